The normalized spacial score (nSPS) is 13.5. The molecule has 3 aromatic carbocycles. The highest BCUT2D eigenvalue weighted by atomic mass is 32.2. The summed E-state index contributed by atoms with van der Waals surface area (Å²) >= 11 is -1.33. The molecule has 0 aliphatic heterocycles. The first-order valence-corrected chi connectivity index (χ1v) is 11.6. The SMILES string of the molecule is CC(C)(C)c1cc(/C=N/c2ccccc2[S+]([O-])c2ccccc2)c(O)c(C(C)(C)C)c1. The molecule has 1 N–H and O–H groups in total. The Bertz CT molecular complexity index is 1080. The molecule has 0 bridgehead atoms. The Morgan fingerprint density at radius 3 is 2.06 bits per heavy atom. The van der Waals surface area contributed by atoms with Gasteiger partial charge in [-0.1, -0.05) is 77.9 Å². The Balaban J connectivity index is 2.07. The van der Waals surface area contributed by atoms with Crippen LogP contribution in [0.4, 0.5) is 5.69 Å². The summed E-state index contributed by atoms with van der Waals surface area (Å²) in [6.07, 6.45) is 1.68. The molecule has 0 radical (unpaired) electrons. The monoisotopic (exact) mass is 433 g/mol. The van der Waals surface area contributed by atoms with Gasteiger partial charge < -0.3 is 9.66 Å². The molecule has 0 saturated carbocycles. The van der Waals surface area contributed by atoms with Crippen molar-refractivity contribution in [2.24, 2.45) is 4.99 Å². The Kier molecular flexibility index (Phi) is 6.63. The molecule has 4 heteroatoms. The van der Waals surface area contributed by atoms with Crippen molar-refractivity contribution in [3.05, 3.63) is 83.4 Å². The number of benzene rings is 3. The zero-order chi connectivity index (χ0) is 22.8. The summed E-state index contributed by atoms with van der Waals surface area (Å²) in [5.41, 5.74) is 3.05. The summed E-state index contributed by atoms with van der Waals surface area (Å²) < 4.78 is 13.1. The van der Waals surface area contributed by atoms with Gasteiger partial charge in [-0.25, -0.2) is 0 Å². The van der Waals surface area contributed by atoms with Gasteiger partial charge in [-0.3, -0.25) is 4.99 Å². The van der Waals surface area contributed by atoms with E-state index in [4.69, 9.17) is 0 Å². The summed E-state index contributed by atoms with van der Waals surface area (Å²) in [6.45, 7) is 12.7. The first-order valence-electron chi connectivity index (χ1n) is 10.5. The molecule has 0 fully saturated rings. The molecule has 0 aromatic heterocycles. The van der Waals surface area contributed by atoms with Crippen molar-refractivity contribution in [2.75, 3.05) is 0 Å². The molecule has 0 aliphatic rings. The predicted molar refractivity (Wildman–Crippen MR) is 130 cm³/mol. The minimum absolute atomic E-state index is 0.0665. The molecule has 1 unspecified atom stereocenters. The number of aromatic hydroxyl groups is 1. The average Bonchev–Trinajstić information content (AvgIpc) is 2.71. The number of para-hydroxylation sites is 1. The molecule has 1 atom stereocenters. The minimum atomic E-state index is -1.33. The smallest absolute Gasteiger partial charge is 0.184 e. The van der Waals surface area contributed by atoms with E-state index in [1.54, 1.807) is 6.21 Å². The molecule has 31 heavy (non-hydrogen) atoms. The molecule has 0 amide bonds. The van der Waals surface area contributed by atoms with Gasteiger partial charge in [0.15, 0.2) is 9.79 Å². The van der Waals surface area contributed by atoms with Gasteiger partial charge >= 0.3 is 0 Å². The quantitative estimate of drug-likeness (QED) is 0.359. The van der Waals surface area contributed by atoms with Gasteiger partial charge in [0.05, 0.1) is 0 Å². The van der Waals surface area contributed by atoms with Crippen LogP contribution in [0.1, 0.15) is 58.2 Å². The van der Waals surface area contributed by atoms with Crippen LogP contribution in [0.3, 0.4) is 0 Å². The lowest BCUT2D eigenvalue weighted by molar-refractivity contribution is 0.444. The standard InChI is InChI=1S/C27H31NO2S/c1-26(2,3)20-16-19(25(29)22(17-20)27(4,5)6)18-28-23-14-10-11-15-24(23)31(30)21-12-8-7-9-13-21/h7-18,29H,1-6H3/b28-18+. The van der Waals surface area contributed by atoms with E-state index in [0.29, 0.717) is 16.1 Å². The van der Waals surface area contributed by atoms with Gasteiger partial charge in [0.1, 0.15) is 11.4 Å². The Morgan fingerprint density at radius 2 is 1.45 bits per heavy atom. The zero-order valence-electron chi connectivity index (χ0n) is 19.1. The Hall–Kier alpha value is -2.56. The Labute approximate surface area is 189 Å². The lowest BCUT2D eigenvalue weighted by atomic mass is 9.79. The fourth-order valence-corrected chi connectivity index (χ4v) is 4.46. The van der Waals surface area contributed by atoms with E-state index in [9.17, 15) is 9.66 Å². The van der Waals surface area contributed by atoms with Crippen molar-refractivity contribution >= 4 is 23.1 Å². The van der Waals surface area contributed by atoms with E-state index in [0.717, 1.165) is 16.0 Å². The number of hydrogen-bond acceptors (Lipinski definition) is 3. The molecule has 0 saturated heterocycles. The molecule has 3 nitrogen and oxygen atoms in total. The van der Waals surface area contributed by atoms with Crippen LogP contribution in [-0.2, 0) is 22.0 Å². The second-order valence-electron chi connectivity index (χ2n) is 9.77. The van der Waals surface area contributed by atoms with Crippen LogP contribution in [0.5, 0.6) is 5.75 Å². The van der Waals surface area contributed by atoms with Crippen LogP contribution in [0.15, 0.2) is 81.5 Å². The molecule has 0 heterocycles. The summed E-state index contributed by atoms with van der Waals surface area (Å²) in [5, 5.41) is 11.0. The summed E-state index contributed by atoms with van der Waals surface area (Å²) in [6, 6.07) is 20.9. The fourth-order valence-electron chi connectivity index (χ4n) is 3.29. The van der Waals surface area contributed by atoms with Gasteiger partial charge in [0, 0.05) is 28.5 Å². The number of hydrogen-bond donors (Lipinski definition) is 1. The third kappa shape index (κ3) is 5.38. The van der Waals surface area contributed by atoms with E-state index in [2.05, 4.69) is 52.6 Å². The summed E-state index contributed by atoms with van der Waals surface area (Å²) in [7, 11) is 0. The van der Waals surface area contributed by atoms with E-state index in [1.807, 2.05) is 60.7 Å². The van der Waals surface area contributed by atoms with E-state index in [1.165, 1.54) is 0 Å². The van der Waals surface area contributed by atoms with Crippen LogP contribution >= 0.6 is 0 Å². The Morgan fingerprint density at radius 1 is 0.839 bits per heavy atom. The molecular formula is C27H31NO2S. The third-order valence-electron chi connectivity index (χ3n) is 5.18. The largest absolute Gasteiger partial charge is 0.606 e. The first kappa shape index (κ1) is 23.1. The molecule has 0 aliphatic carbocycles. The maximum absolute atomic E-state index is 13.1. The maximum Gasteiger partial charge on any atom is 0.184 e. The number of phenolic OH excluding ortho intramolecular Hbond substituents is 1. The molecule has 3 rings (SSSR count). The average molecular weight is 434 g/mol. The predicted octanol–water partition coefficient (Wildman–Crippen LogP) is 6.90. The van der Waals surface area contributed by atoms with Crippen LogP contribution in [0.2, 0.25) is 0 Å². The van der Waals surface area contributed by atoms with E-state index in [-0.39, 0.29) is 16.6 Å². The highest BCUT2D eigenvalue weighted by Crippen LogP contribution is 2.37. The zero-order valence-corrected chi connectivity index (χ0v) is 20.0. The topological polar surface area (TPSA) is 55.7 Å². The van der Waals surface area contributed by atoms with Crippen LogP contribution < -0.4 is 0 Å². The minimum Gasteiger partial charge on any atom is -0.606 e. The van der Waals surface area contributed by atoms with Crippen molar-refractivity contribution in [2.45, 2.75) is 62.2 Å². The second kappa shape index (κ2) is 8.89. The number of rotatable bonds is 4. The van der Waals surface area contributed by atoms with Gasteiger partial charge in [0.25, 0.3) is 0 Å². The molecule has 3 aromatic rings. The van der Waals surface area contributed by atoms with Crippen LogP contribution in [0, 0.1) is 0 Å². The van der Waals surface area contributed by atoms with Crippen molar-refractivity contribution in [3.63, 3.8) is 0 Å². The van der Waals surface area contributed by atoms with Crippen molar-refractivity contribution in [1.82, 2.24) is 0 Å². The first-order chi connectivity index (χ1) is 14.5. The summed E-state index contributed by atoms with van der Waals surface area (Å²) in [4.78, 5) is 6.03. The van der Waals surface area contributed by atoms with Gasteiger partial charge in [0.2, 0.25) is 0 Å². The summed E-state index contributed by atoms with van der Waals surface area (Å²) in [5.74, 6) is 0.242. The van der Waals surface area contributed by atoms with Gasteiger partial charge in [-0.15, -0.1) is 0 Å². The highest BCUT2D eigenvalue weighted by Gasteiger charge is 2.25. The second-order valence-corrected chi connectivity index (χ2v) is 11.2. The number of phenols is 1. The van der Waals surface area contributed by atoms with Gasteiger partial charge in [-0.2, -0.15) is 0 Å². The number of aliphatic imine (C=N–C) groups is 1. The molecule has 0 spiro atoms. The van der Waals surface area contributed by atoms with Gasteiger partial charge in [-0.05, 0) is 46.7 Å². The van der Waals surface area contributed by atoms with Crippen LogP contribution in [-0.4, -0.2) is 15.9 Å². The number of nitrogens with zero attached hydrogens (tertiary/aromatic N) is 1. The van der Waals surface area contributed by atoms with E-state index >= 15 is 0 Å². The van der Waals surface area contributed by atoms with E-state index < -0.39 is 11.2 Å². The highest BCUT2D eigenvalue weighted by molar-refractivity contribution is 7.91. The van der Waals surface area contributed by atoms with Crippen molar-refractivity contribution < 1.29 is 9.66 Å². The van der Waals surface area contributed by atoms with Crippen molar-refractivity contribution in [1.29, 1.82) is 0 Å². The fraction of sp³-hybridized carbons (Fsp3) is 0.296. The lowest BCUT2D eigenvalue weighted by Crippen LogP contribution is -2.17. The molecular weight excluding hydrogens is 402 g/mol. The molecule has 162 valence electrons. The van der Waals surface area contributed by atoms with Crippen molar-refractivity contribution in [3.8, 4) is 5.75 Å². The maximum atomic E-state index is 13.1. The van der Waals surface area contributed by atoms with Crippen LogP contribution in [0.25, 0.3) is 0 Å². The lowest BCUT2D eigenvalue weighted by Gasteiger charge is -2.27. The third-order valence-corrected chi connectivity index (χ3v) is 6.62.